The van der Waals surface area contributed by atoms with E-state index in [0.29, 0.717) is 31.7 Å². The van der Waals surface area contributed by atoms with Crippen molar-refractivity contribution in [1.82, 2.24) is 19.7 Å². The van der Waals surface area contributed by atoms with Gasteiger partial charge in [0.25, 0.3) is 5.56 Å². The number of benzene rings is 2. The predicted octanol–water partition coefficient (Wildman–Crippen LogP) is 2.82. The van der Waals surface area contributed by atoms with E-state index >= 15 is 0 Å². The highest BCUT2D eigenvalue weighted by Gasteiger charge is 2.48. The van der Waals surface area contributed by atoms with Gasteiger partial charge in [0.1, 0.15) is 11.6 Å². The number of likely N-dealkylation sites (tertiary alicyclic amines) is 1. The Kier molecular flexibility index (Phi) is 5.25. The van der Waals surface area contributed by atoms with Crippen molar-refractivity contribution < 1.29 is 9.53 Å². The molecule has 1 saturated heterocycles. The van der Waals surface area contributed by atoms with Gasteiger partial charge in [-0.05, 0) is 49.1 Å². The monoisotopic (exact) mass is 430 g/mol. The van der Waals surface area contributed by atoms with E-state index in [9.17, 15) is 9.59 Å². The van der Waals surface area contributed by atoms with Crippen molar-refractivity contribution in [2.75, 3.05) is 20.2 Å². The topological polar surface area (TPSA) is 77.3 Å². The molecule has 7 heteroatoms. The molecular formula is C25H26N4O3. The fourth-order valence-corrected chi connectivity index (χ4v) is 4.91. The lowest BCUT2D eigenvalue weighted by Crippen LogP contribution is -2.35. The average molecular weight is 431 g/mol. The van der Waals surface area contributed by atoms with Crippen LogP contribution in [0.4, 0.5) is 0 Å². The largest absolute Gasteiger partial charge is 0.497 e. The van der Waals surface area contributed by atoms with Gasteiger partial charge in [-0.15, -0.1) is 10.2 Å². The summed E-state index contributed by atoms with van der Waals surface area (Å²) in [6.07, 6.45) is 2.87. The van der Waals surface area contributed by atoms with Crippen molar-refractivity contribution in [3.8, 4) is 17.0 Å². The molecule has 2 aliphatic rings. The Morgan fingerprint density at radius 1 is 1.03 bits per heavy atom. The zero-order valence-corrected chi connectivity index (χ0v) is 18.2. The second kappa shape index (κ2) is 8.22. The van der Waals surface area contributed by atoms with Crippen LogP contribution in [0.25, 0.3) is 11.3 Å². The molecular weight excluding hydrogens is 404 g/mol. The SMILES string of the molecule is COc1ccc(-c2nnc3n(c2=O)CC[C@@]32CCN(C(=O)CCc3ccccc3)C2)cc1. The number of carbonyl (C=O) groups is 1. The van der Waals surface area contributed by atoms with Gasteiger partial charge in [0.05, 0.1) is 12.5 Å². The Labute approximate surface area is 186 Å². The molecule has 0 aliphatic carbocycles. The van der Waals surface area contributed by atoms with Gasteiger partial charge in [-0.3, -0.25) is 14.2 Å². The summed E-state index contributed by atoms with van der Waals surface area (Å²) in [6.45, 7) is 1.92. The lowest BCUT2D eigenvalue weighted by atomic mass is 9.85. The molecule has 0 N–H and O–H groups in total. The van der Waals surface area contributed by atoms with Gasteiger partial charge < -0.3 is 9.64 Å². The molecule has 0 saturated carbocycles. The molecule has 1 aromatic heterocycles. The lowest BCUT2D eigenvalue weighted by Gasteiger charge is -2.23. The van der Waals surface area contributed by atoms with Gasteiger partial charge in [0.2, 0.25) is 5.91 Å². The fraction of sp³-hybridized carbons (Fsp3) is 0.360. The maximum absolute atomic E-state index is 13.2. The highest BCUT2D eigenvalue weighted by molar-refractivity contribution is 5.77. The minimum atomic E-state index is -0.271. The minimum absolute atomic E-state index is 0.120. The van der Waals surface area contributed by atoms with Crippen LogP contribution in [-0.4, -0.2) is 45.8 Å². The number of ether oxygens (including phenoxy) is 1. The summed E-state index contributed by atoms with van der Waals surface area (Å²) in [7, 11) is 1.61. The molecule has 5 rings (SSSR count). The van der Waals surface area contributed by atoms with E-state index < -0.39 is 0 Å². The summed E-state index contributed by atoms with van der Waals surface area (Å²) in [5.74, 6) is 1.61. The maximum atomic E-state index is 13.2. The zero-order valence-electron chi connectivity index (χ0n) is 18.2. The molecule has 3 aromatic rings. The van der Waals surface area contributed by atoms with Crippen LogP contribution in [0.5, 0.6) is 5.75 Å². The Hall–Kier alpha value is -3.48. The smallest absolute Gasteiger partial charge is 0.280 e. The minimum Gasteiger partial charge on any atom is -0.497 e. The Morgan fingerprint density at radius 3 is 2.53 bits per heavy atom. The third kappa shape index (κ3) is 3.57. The fourth-order valence-electron chi connectivity index (χ4n) is 4.91. The van der Waals surface area contributed by atoms with Crippen molar-refractivity contribution in [2.24, 2.45) is 0 Å². The van der Waals surface area contributed by atoms with Crippen LogP contribution in [0, 0.1) is 0 Å². The van der Waals surface area contributed by atoms with Crippen molar-refractivity contribution in [1.29, 1.82) is 0 Å². The third-order valence-electron chi connectivity index (χ3n) is 6.78. The standard InChI is InChI=1S/C25H26N4O3/c1-32-20-10-8-19(9-11-20)22-23(31)29-16-14-25(24(29)27-26-22)13-15-28(17-25)21(30)12-7-18-5-3-2-4-6-18/h2-6,8-11H,7,12-17H2,1H3/t25-/m1/s1. The van der Waals surface area contributed by atoms with E-state index in [4.69, 9.17) is 4.74 Å². The summed E-state index contributed by atoms with van der Waals surface area (Å²) >= 11 is 0. The molecule has 1 fully saturated rings. The number of hydrogen-bond acceptors (Lipinski definition) is 5. The number of methoxy groups -OCH3 is 1. The van der Waals surface area contributed by atoms with E-state index in [1.54, 1.807) is 11.7 Å². The van der Waals surface area contributed by atoms with E-state index in [1.807, 2.05) is 59.5 Å². The van der Waals surface area contributed by atoms with Crippen molar-refractivity contribution >= 4 is 5.91 Å². The van der Waals surface area contributed by atoms with Crippen LogP contribution in [0.3, 0.4) is 0 Å². The van der Waals surface area contributed by atoms with Gasteiger partial charge in [-0.25, -0.2) is 0 Å². The van der Waals surface area contributed by atoms with E-state index in [1.165, 1.54) is 5.56 Å². The number of amides is 1. The number of carbonyl (C=O) groups excluding carboxylic acids is 1. The molecule has 0 unspecified atom stereocenters. The average Bonchev–Trinajstić information content (AvgIpc) is 3.44. The number of aromatic nitrogens is 3. The molecule has 32 heavy (non-hydrogen) atoms. The number of fused-ring (bicyclic) bond motifs is 2. The molecule has 0 radical (unpaired) electrons. The number of hydrogen-bond donors (Lipinski definition) is 0. The quantitative estimate of drug-likeness (QED) is 0.622. The molecule has 2 aromatic carbocycles. The van der Waals surface area contributed by atoms with Crippen molar-refractivity contribution in [3.05, 3.63) is 76.3 Å². The predicted molar refractivity (Wildman–Crippen MR) is 121 cm³/mol. The maximum Gasteiger partial charge on any atom is 0.280 e. The highest BCUT2D eigenvalue weighted by Crippen LogP contribution is 2.41. The summed E-state index contributed by atoms with van der Waals surface area (Å²) in [4.78, 5) is 28.0. The zero-order chi connectivity index (χ0) is 22.1. The van der Waals surface area contributed by atoms with Crippen LogP contribution in [0.2, 0.25) is 0 Å². The van der Waals surface area contributed by atoms with Gasteiger partial charge in [-0.1, -0.05) is 30.3 Å². The van der Waals surface area contributed by atoms with Crippen LogP contribution >= 0.6 is 0 Å². The molecule has 1 amide bonds. The first-order valence-electron chi connectivity index (χ1n) is 11.0. The molecule has 1 spiro atoms. The van der Waals surface area contributed by atoms with Gasteiger partial charge in [0, 0.05) is 31.6 Å². The lowest BCUT2D eigenvalue weighted by molar-refractivity contribution is -0.130. The summed E-state index contributed by atoms with van der Waals surface area (Å²) in [5, 5.41) is 8.82. The molecule has 164 valence electrons. The van der Waals surface area contributed by atoms with Gasteiger partial charge >= 0.3 is 0 Å². The first kappa shape index (κ1) is 20.4. The second-order valence-electron chi connectivity index (χ2n) is 8.64. The number of aryl methyl sites for hydroxylation is 1. The van der Waals surface area contributed by atoms with E-state index in [-0.39, 0.29) is 16.9 Å². The van der Waals surface area contributed by atoms with Crippen LogP contribution in [0.15, 0.2) is 59.4 Å². The van der Waals surface area contributed by atoms with E-state index in [0.717, 1.165) is 36.4 Å². The Bertz CT molecular complexity index is 1190. The molecule has 1 atom stereocenters. The Balaban J connectivity index is 1.33. The first-order valence-corrected chi connectivity index (χ1v) is 11.0. The van der Waals surface area contributed by atoms with Crippen molar-refractivity contribution in [3.63, 3.8) is 0 Å². The third-order valence-corrected chi connectivity index (χ3v) is 6.78. The summed E-state index contributed by atoms with van der Waals surface area (Å²) < 4.78 is 6.95. The highest BCUT2D eigenvalue weighted by atomic mass is 16.5. The molecule has 3 heterocycles. The summed E-state index contributed by atoms with van der Waals surface area (Å²) in [5.41, 5.74) is 1.86. The van der Waals surface area contributed by atoms with E-state index in [2.05, 4.69) is 10.2 Å². The Morgan fingerprint density at radius 2 is 1.78 bits per heavy atom. The number of rotatable bonds is 5. The van der Waals surface area contributed by atoms with Gasteiger partial charge in [-0.2, -0.15) is 0 Å². The van der Waals surface area contributed by atoms with Crippen molar-refractivity contribution in [2.45, 2.75) is 37.6 Å². The number of nitrogens with zero attached hydrogens (tertiary/aromatic N) is 4. The summed E-state index contributed by atoms with van der Waals surface area (Å²) in [6, 6.07) is 17.3. The normalized spacial score (nSPS) is 19.3. The van der Waals surface area contributed by atoms with Crippen LogP contribution < -0.4 is 10.3 Å². The van der Waals surface area contributed by atoms with Crippen LogP contribution in [0.1, 0.15) is 30.7 Å². The first-order chi connectivity index (χ1) is 15.6. The molecule has 0 bridgehead atoms. The van der Waals surface area contributed by atoms with Gasteiger partial charge in [0.15, 0.2) is 5.69 Å². The second-order valence-corrected chi connectivity index (χ2v) is 8.64. The molecule has 7 nitrogen and oxygen atoms in total. The molecule has 2 aliphatic heterocycles. The van der Waals surface area contributed by atoms with Crippen LogP contribution in [-0.2, 0) is 23.2 Å².